The minimum Gasteiger partial charge on any atom is -0.480 e. The molecule has 0 aromatic rings. The lowest BCUT2D eigenvalue weighted by molar-refractivity contribution is -0.142. The number of carboxylic acids is 2. The van der Waals surface area contributed by atoms with Crippen molar-refractivity contribution in [3.63, 3.8) is 0 Å². The van der Waals surface area contributed by atoms with Gasteiger partial charge in [0.1, 0.15) is 18.6 Å². The van der Waals surface area contributed by atoms with Crippen molar-refractivity contribution in [2.75, 3.05) is 18.1 Å². The third kappa shape index (κ3) is 9.48. The Balaban J connectivity index is 4.57. The number of hydrogen-bond acceptors (Lipinski definition) is 8. The molecule has 0 aliphatic heterocycles. The second kappa shape index (κ2) is 12.4. The van der Waals surface area contributed by atoms with E-state index in [4.69, 9.17) is 15.9 Å². The highest BCUT2D eigenvalue weighted by Crippen LogP contribution is 2.01. The normalized spacial score (nSPS) is 13.8. The summed E-state index contributed by atoms with van der Waals surface area (Å²) in [5.41, 5.74) is 5.43. The molecule has 0 aromatic heterocycles. The summed E-state index contributed by atoms with van der Waals surface area (Å²) in [7, 11) is 0. The number of hydrogen-bond donors (Lipinski definition) is 8. The average molecular weight is 410 g/mol. The van der Waals surface area contributed by atoms with Gasteiger partial charge in [0, 0.05) is 17.9 Å². The zero-order valence-corrected chi connectivity index (χ0v) is 15.5. The van der Waals surface area contributed by atoms with Crippen molar-refractivity contribution in [1.82, 2.24) is 16.0 Å². The summed E-state index contributed by atoms with van der Waals surface area (Å²) < 4.78 is 0. The van der Waals surface area contributed by atoms with Gasteiger partial charge in [0.2, 0.25) is 17.7 Å². The van der Waals surface area contributed by atoms with E-state index in [1.54, 1.807) is 0 Å². The molecule has 0 spiro atoms. The van der Waals surface area contributed by atoms with E-state index in [-0.39, 0.29) is 24.3 Å². The number of carboxylic acid groups (broad SMARTS) is 2. The first-order valence-electron chi connectivity index (χ1n) is 7.41. The molecule has 7 N–H and O–H groups in total. The second-order valence-electron chi connectivity index (χ2n) is 5.14. The summed E-state index contributed by atoms with van der Waals surface area (Å²) in [6.07, 6.45) is -0.536. The van der Waals surface area contributed by atoms with Crippen LogP contribution in [0.15, 0.2) is 0 Å². The number of amides is 3. The molecule has 0 radical (unpaired) electrons. The van der Waals surface area contributed by atoms with Crippen molar-refractivity contribution in [2.45, 2.75) is 31.0 Å². The summed E-state index contributed by atoms with van der Waals surface area (Å²) in [5.74, 6) is -4.77. The minimum atomic E-state index is -1.34. The van der Waals surface area contributed by atoms with Gasteiger partial charge in [-0.3, -0.25) is 19.2 Å². The Morgan fingerprint density at radius 3 is 2.00 bits per heavy atom. The average Bonchev–Trinajstić information content (AvgIpc) is 2.59. The van der Waals surface area contributed by atoms with E-state index in [0.29, 0.717) is 0 Å². The summed E-state index contributed by atoms with van der Waals surface area (Å²) in [6.45, 7) is -0.614. The number of nitrogens with two attached hydrogens (primary N) is 1. The van der Waals surface area contributed by atoms with E-state index < -0.39 is 54.3 Å². The van der Waals surface area contributed by atoms with Crippen LogP contribution in [0.4, 0.5) is 0 Å². The Kier molecular flexibility index (Phi) is 11.4. The molecule has 0 bridgehead atoms. The van der Waals surface area contributed by atoms with E-state index >= 15 is 0 Å². The highest BCUT2D eigenvalue weighted by atomic mass is 32.1. The smallest absolute Gasteiger partial charge is 0.326 e. The molecule has 2 unspecified atom stereocenters. The third-order valence-corrected chi connectivity index (χ3v) is 3.81. The van der Waals surface area contributed by atoms with Crippen molar-refractivity contribution < 1.29 is 34.2 Å². The molecule has 3 atom stereocenters. The van der Waals surface area contributed by atoms with Crippen LogP contribution >= 0.6 is 25.3 Å². The lowest BCUT2D eigenvalue weighted by Gasteiger charge is -2.18. The molecule has 0 heterocycles. The van der Waals surface area contributed by atoms with Crippen LogP contribution in [0, 0.1) is 0 Å². The Hall–Kier alpha value is -1.99. The molecule has 26 heavy (non-hydrogen) atoms. The maximum atomic E-state index is 11.9. The predicted molar refractivity (Wildman–Crippen MR) is 97.1 cm³/mol. The van der Waals surface area contributed by atoms with Gasteiger partial charge in [-0.1, -0.05) is 0 Å². The molecule has 0 saturated carbocycles. The quantitative estimate of drug-likeness (QED) is 0.158. The molecule has 13 heteroatoms. The number of carbonyl (C=O) groups is 5. The molecule has 0 aliphatic carbocycles. The van der Waals surface area contributed by atoms with E-state index in [0.717, 1.165) is 0 Å². The monoisotopic (exact) mass is 410 g/mol. The first kappa shape index (κ1) is 24.0. The number of carbonyl (C=O) groups excluding carboxylic acids is 3. The van der Waals surface area contributed by atoms with Crippen LogP contribution in [0.1, 0.15) is 12.8 Å². The lowest BCUT2D eigenvalue weighted by atomic mass is 10.1. The van der Waals surface area contributed by atoms with Crippen LogP contribution in [0.25, 0.3) is 0 Å². The molecule has 0 fully saturated rings. The summed E-state index contributed by atoms with van der Waals surface area (Å²) in [4.78, 5) is 56.8. The lowest BCUT2D eigenvalue weighted by Crippen LogP contribution is -2.50. The fourth-order valence-electron chi connectivity index (χ4n) is 1.64. The molecular weight excluding hydrogens is 388 g/mol. The summed E-state index contributed by atoms with van der Waals surface area (Å²) >= 11 is 7.73. The highest BCUT2D eigenvalue weighted by Gasteiger charge is 2.25. The van der Waals surface area contributed by atoms with Gasteiger partial charge in [0.25, 0.3) is 0 Å². The number of rotatable bonds is 12. The van der Waals surface area contributed by atoms with E-state index in [1.807, 2.05) is 0 Å². The Morgan fingerprint density at radius 1 is 0.923 bits per heavy atom. The van der Waals surface area contributed by atoms with Gasteiger partial charge < -0.3 is 31.9 Å². The molecule has 11 nitrogen and oxygen atoms in total. The van der Waals surface area contributed by atoms with Crippen LogP contribution in [0.3, 0.4) is 0 Å². The third-order valence-electron chi connectivity index (χ3n) is 3.06. The number of thiol groups is 2. The van der Waals surface area contributed by atoms with Crippen molar-refractivity contribution in [3.05, 3.63) is 0 Å². The molecular formula is C13H22N4O7S2. The van der Waals surface area contributed by atoms with E-state index in [9.17, 15) is 24.0 Å². The molecule has 148 valence electrons. The zero-order valence-electron chi connectivity index (χ0n) is 13.7. The predicted octanol–water partition coefficient (Wildman–Crippen LogP) is -2.79. The van der Waals surface area contributed by atoms with E-state index in [1.165, 1.54) is 0 Å². The van der Waals surface area contributed by atoms with Crippen molar-refractivity contribution in [2.24, 2.45) is 5.73 Å². The summed E-state index contributed by atoms with van der Waals surface area (Å²) in [5, 5.41) is 24.2. The molecule has 0 aliphatic rings. The standard InChI is InChI=1S/C13H22N4O7S2/c14-6(4-25)11(21)17-7(13(23)24)1-2-9(18)16-8(5-26)12(22)15-3-10(19)20/h6-8,25-26H,1-5,14H2,(H,15,22)(H,16,18)(H,17,21)(H,19,20)(H,23,24)/t6-,7?,8?/m0/s1. The molecule has 0 rings (SSSR count). The maximum absolute atomic E-state index is 11.9. The fourth-order valence-corrected chi connectivity index (χ4v) is 2.06. The van der Waals surface area contributed by atoms with Crippen LogP contribution in [0.2, 0.25) is 0 Å². The highest BCUT2D eigenvalue weighted by molar-refractivity contribution is 7.80. The minimum absolute atomic E-state index is 0.0216. The van der Waals surface area contributed by atoms with Gasteiger partial charge in [-0.05, 0) is 6.42 Å². The van der Waals surface area contributed by atoms with Gasteiger partial charge in [-0.2, -0.15) is 25.3 Å². The molecule has 0 aromatic carbocycles. The topological polar surface area (TPSA) is 188 Å². The SMILES string of the molecule is N[C@@H](CS)C(=O)NC(CCC(=O)NC(CS)C(=O)NCC(=O)O)C(=O)O. The Labute approximate surface area is 160 Å². The molecule has 0 saturated heterocycles. The van der Waals surface area contributed by atoms with Crippen LogP contribution in [-0.4, -0.2) is 76.0 Å². The first-order valence-corrected chi connectivity index (χ1v) is 8.68. The number of aliphatic carboxylic acids is 2. The Bertz CT molecular complexity index is 547. The molecule has 3 amide bonds. The first-order chi connectivity index (χ1) is 12.1. The largest absolute Gasteiger partial charge is 0.480 e. The maximum Gasteiger partial charge on any atom is 0.326 e. The van der Waals surface area contributed by atoms with Crippen LogP contribution < -0.4 is 21.7 Å². The number of nitrogens with one attached hydrogen (secondary N) is 3. The van der Waals surface area contributed by atoms with Crippen molar-refractivity contribution >= 4 is 54.9 Å². The van der Waals surface area contributed by atoms with Gasteiger partial charge in [-0.15, -0.1) is 0 Å². The van der Waals surface area contributed by atoms with Gasteiger partial charge in [0.05, 0.1) is 6.04 Å². The van der Waals surface area contributed by atoms with Crippen LogP contribution in [0.5, 0.6) is 0 Å². The van der Waals surface area contributed by atoms with Gasteiger partial charge >= 0.3 is 11.9 Å². The van der Waals surface area contributed by atoms with E-state index in [2.05, 4.69) is 41.2 Å². The Morgan fingerprint density at radius 2 is 1.54 bits per heavy atom. The van der Waals surface area contributed by atoms with Crippen molar-refractivity contribution in [3.8, 4) is 0 Å². The van der Waals surface area contributed by atoms with Gasteiger partial charge in [0.15, 0.2) is 0 Å². The summed E-state index contributed by atoms with van der Waals surface area (Å²) in [6, 6.07) is -3.41. The van der Waals surface area contributed by atoms with Gasteiger partial charge in [-0.25, -0.2) is 4.79 Å². The zero-order chi connectivity index (χ0) is 20.3. The van der Waals surface area contributed by atoms with Crippen LogP contribution in [-0.2, 0) is 24.0 Å². The fraction of sp³-hybridized carbons (Fsp3) is 0.615. The second-order valence-corrected chi connectivity index (χ2v) is 5.87. The van der Waals surface area contributed by atoms with Crippen molar-refractivity contribution in [1.29, 1.82) is 0 Å².